The first kappa shape index (κ1) is 15.1. The largest absolute Gasteiger partial charge is 0.496 e. The van der Waals surface area contributed by atoms with E-state index >= 15 is 0 Å². The minimum atomic E-state index is -0.861. The van der Waals surface area contributed by atoms with Crippen LogP contribution in [-0.4, -0.2) is 12.2 Å². The monoisotopic (exact) mass is 314 g/mol. The van der Waals surface area contributed by atoms with Gasteiger partial charge in [-0.2, -0.15) is 0 Å². The highest BCUT2D eigenvalue weighted by atomic mass is 35.5. The van der Waals surface area contributed by atoms with E-state index in [1.807, 2.05) is 0 Å². The van der Waals surface area contributed by atoms with Crippen LogP contribution < -0.4 is 4.74 Å². The van der Waals surface area contributed by atoms with Crippen molar-refractivity contribution in [2.75, 3.05) is 7.11 Å². The van der Waals surface area contributed by atoms with Crippen LogP contribution in [0.1, 0.15) is 17.2 Å². The molecular formula is C15H13Cl2FO2. The SMILES string of the molecule is COc1cccc(Cl)c1C(O)Cc1ccc(F)c(Cl)c1. The maximum Gasteiger partial charge on any atom is 0.141 e. The number of hydrogen-bond acceptors (Lipinski definition) is 2. The quantitative estimate of drug-likeness (QED) is 0.905. The van der Waals surface area contributed by atoms with Crippen LogP contribution in [0.15, 0.2) is 36.4 Å². The van der Waals surface area contributed by atoms with Gasteiger partial charge < -0.3 is 9.84 Å². The van der Waals surface area contributed by atoms with Crippen molar-refractivity contribution in [1.29, 1.82) is 0 Å². The van der Waals surface area contributed by atoms with Crippen LogP contribution in [0.4, 0.5) is 4.39 Å². The van der Waals surface area contributed by atoms with Gasteiger partial charge in [-0.15, -0.1) is 0 Å². The average Bonchev–Trinajstić information content (AvgIpc) is 2.42. The lowest BCUT2D eigenvalue weighted by atomic mass is 10.0. The van der Waals surface area contributed by atoms with Crippen molar-refractivity contribution in [1.82, 2.24) is 0 Å². The number of rotatable bonds is 4. The zero-order valence-electron chi connectivity index (χ0n) is 10.7. The summed E-state index contributed by atoms with van der Waals surface area (Å²) in [5.41, 5.74) is 1.22. The van der Waals surface area contributed by atoms with Crippen molar-refractivity contribution in [3.8, 4) is 5.75 Å². The zero-order valence-corrected chi connectivity index (χ0v) is 12.2. The summed E-state index contributed by atoms with van der Waals surface area (Å²) in [6, 6.07) is 9.49. The van der Waals surface area contributed by atoms with Gasteiger partial charge in [0.05, 0.1) is 23.3 Å². The first-order chi connectivity index (χ1) is 9.52. The Labute approximate surface area is 126 Å². The molecule has 0 heterocycles. The number of aliphatic hydroxyl groups is 1. The van der Waals surface area contributed by atoms with Crippen molar-refractivity contribution in [3.63, 3.8) is 0 Å². The number of ether oxygens (including phenoxy) is 1. The summed E-state index contributed by atoms with van der Waals surface area (Å²) in [7, 11) is 1.51. The third kappa shape index (κ3) is 3.23. The van der Waals surface area contributed by atoms with Gasteiger partial charge in [0, 0.05) is 12.0 Å². The molecule has 0 aliphatic carbocycles. The molecule has 106 valence electrons. The molecule has 2 aromatic rings. The Balaban J connectivity index is 2.28. The molecule has 0 aromatic heterocycles. The Kier molecular flexibility index (Phi) is 4.86. The summed E-state index contributed by atoms with van der Waals surface area (Å²) in [5, 5.41) is 10.8. The minimum absolute atomic E-state index is 0.0285. The standard InChI is InChI=1S/C15H13Cl2FO2/c1-20-14-4-2-3-10(16)15(14)13(19)8-9-5-6-12(18)11(17)7-9/h2-7,13,19H,8H2,1H3. The Bertz CT molecular complexity index is 617. The molecule has 1 unspecified atom stereocenters. The van der Waals surface area contributed by atoms with E-state index in [1.165, 1.54) is 19.2 Å². The van der Waals surface area contributed by atoms with Gasteiger partial charge >= 0.3 is 0 Å². The van der Waals surface area contributed by atoms with Crippen molar-refractivity contribution in [3.05, 3.63) is 63.4 Å². The molecule has 0 aliphatic rings. The summed E-state index contributed by atoms with van der Waals surface area (Å²) in [6.45, 7) is 0. The Hall–Kier alpha value is -1.29. The maximum absolute atomic E-state index is 13.1. The summed E-state index contributed by atoms with van der Waals surface area (Å²) < 4.78 is 18.3. The summed E-state index contributed by atoms with van der Waals surface area (Å²) in [5.74, 6) is 0.0263. The summed E-state index contributed by atoms with van der Waals surface area (Å²) in [6.07, 6.45) is -0.597. The lowest BCUT2D eigenvalue weighted by Crippen LogP contribution is -2.05. The third-order valence-corrected chi connectivity index (χ3v) is 3.60. The van der Waals surface area contributed by atoms with Crippen LogP contribution in [0, 0.1) is 5.82 Å². The number of aliphatic hydroxyl groups excluding tert-OH is 1. The molecule has 0 fully saturated rings. The third-order valence-electron chi connectivity index (χ3n) is 2.98. The Morgan fingerprint density at radius 1 is 1.20 bits per heavy atom. The van der Waals surface area contributed by atoms with Crippen LogP contribution in [0.25, 0.3) is 0 Å². The van der Waals surface area contributed by atoms with E-state index in [2.05, 4.69) is 0 Å². The van der Waals surface area contributed by atoms with Crippen molar-refractivity contribution in [2.24, 2.45) is 0 Å². The Morgan fingerprint density at radius 2 is 1.95 bits per heavy atom. The van der Waals surface area contributed by atoms with Crippen LogP contribution >= 0.6 is 23.2 Å². The molecule has 5 heteroatoms. The number of benzene rings is 2. The van der Waals surface area contributed by atoms with E-state index in [1.54, 1.807) is 24.3 Å². The van der Waals surface area contributed by atoms with Crippen LogP contribution in [0.5, 0.6) is 5.75 Å². The van der Waals surface area contributed by atoms with E-state index < -0.39 is 11.9 Å². The molecule has 1 atom stereocenters. The van der Waals surface area contributed by atoms with Crippen LogP contribution in [-0.2, 0) is 6.42 Å². The molecular weight excluding hydrogens is 302 g/mol. The second kappa shape index (κ2) is 6.44. The van der Waals surface area contributed by atoms with E-state index in [4.69, 9.17) is 27.9 Å². The lowest BCUT2D eigenvalue weighted by molar-refractivity contribution is 0.174. The average molecular weight is 315 g/mol. The molecule has 2 nitrogen and oxygen atoms in total. The molecule has 0 radical (unpaired) electrons. The molecule has 2 rings (SSSR count). The molecule has 0 aliphatic heterocycles. The predicted molar refractivity (Wildman–Crippen MR) is 78.1 cm³/mol. The molecule has 0 saturated carbocycles. The van der Waals surface area contributed by atoms with Crippen molar-refractivity contribution < 1.29 is 14.2 Å². The highest BCUT2D eigenvalue weighted by Gasteiger charge is 2.18. The summed E-state index contributed by atoms with van der Waals surface area (Å²) in [4.78, 5) is 0. The molecule has 20 heavy (non-hydrogen) atoms. The molecule has 0 bridgehead atoms. The molecule has 0 amide bonds. The van der Waals surface area contributed by atoms with Gasteiger partial charge in [0.15, 0.2) is 0 Å². The normalized spacial score (nSPS) is 12.2. The second-order valence-corrected chi connectivity index (χ2v) is 5.14. The smallest absolute Gasteiger partial charge is 0.141 e. The van der Waals surface area contributed by atoms with E-state index in [0.29, 0.717) is 21.9 Å². The number of hydrogen-bond donors (Lipinski definition) is 1. The van der Waals surface area contributed by atoms with Gasteiger partial charge in [0.2, 0.25) is 0 Å². The second-order valence-electron chi connectivity index (χ2n) is 4.32. The Morgan fingerprint density at radius 3 is 2.60 bits per heavy atom. The highest BCUT2D eigenvalue weighted by molar-refractivity contribution is 6.31. The van der Waals surface area contributed by atoms with Gasteiger partial charge in [0.25, 0.3) is 0 Å². The van der Waals surface area contributed by atoms with Crippen molar-refractivity contribution in [2.45, 2.75) is 12.5 Å². The maximum atomic E-state index is 13.1. The van der Waals surface area contributed by atoms with Gasteiger partial charge in [-0.25, -0.2) is 4.39 Å². The van der Waals surface area contributed by atoms with Crippen LogP contribution in [0.3, 0.4) is 0 Å². The lowest BCUT2D eigenvalue weighted by Gasteiger charge is -2.16. The van der Waals surface area contributed by atoms with Gasteiger partial charge in [-0.3, -0.25) is 0 Å². The topological polar surface area (TPSA) is 29.5 Å². The van der Waals surface area contributed by atoms with Crippen LogP contribution in [0.2, 0.25) is 10.0 Å². The van der Waals surface area contributed by atoms with E-state index in [9.17, 15) is 9.50 Å². The zero-order chi connectivity index (χ0) is 14.7. The molecule has 1 N–H and O–H groups in total. The number of methoxy groups -OCH3 is 1. The summed E-state index contributed by atoms with van der Waals surface area (Å²) >= 11 is 11.8. The fourth-order valence-corrected chi connectivity index (χ4v) is 2.51. The highest BCUT2D eigenvalue weighted by Crippen LogP contribution is 2.34. The fourth-order valence-electron chi connectivity index (χ4n) is 2.01. The first-order valence-corrected chi connectivity index (χ1v) is 6.73. The number of halogens is 3. The minimum Gasteiger partial charge on any atom is -0.496 e. The molecule has 0 spiro atoms. The predicted octanol–water partition coefficient (Wildman–Crippen LogP) is 4.42. The van der Waals surface area contributed by atoms with Gasteiger partial charge in [0.1, 0.15) is 11.6 Å². The molecule has 2 aromatic carbocycles. The van der Waals surface area contributed by atoms with Gasteiger partial charge in [-0.1, -0.05) is 35.3 Å². The van der Waals surface area contributed by atoms with Crippen molar-refractivity contribution >= 4 is 23.2 Å². The first-order valence-electron chi connectivity index (χ1n) is 5.97. The molecule has 0 saturated heterocycles. The van der Waals surface area contributed by atoms with E-state index in [-0.39, 0.29) is 11.4 Å². The fraction of sp³-hybridized carbons (Fsp3) is 0.200. The van der Waals surface area contributed by atoms with Gasteiger partial charge in [-0.05, 0) is 29.8 Å². The van der Waals surface area contributed by atoms with E-state index in [0.717, 1.165) is 0 Å².